The van der Waals surface area contributed by atoms with Gasteiger partial charge in [0.1, 0.15) is 12.4 Å². The summed E-state index contributed by atoms with van der Waals surface area (Å²) < 4.78 is 5.99. The third kappa shape index (κ3) is 7.61. The number of ether oxygens (including phenoxy) is 1. The van der Waals surface area contributed by atoms with E-state index < -0.39 is 0 Å². The molecule has 0 amide bonds. The number of hydrogen-bond acceptors (Lipinski definition) is 4. The SMILES string of the molecule is CCN(CC)Cc1ccccc1C=CC(=O)c1cc(C(C)(C)C)ccc1OCCN(C)C. The van der Waals surface area contributed by atoms with E-state index in [2.05, 4.69) is 68.7 Å². The van der Waals surface area contributed by atoms with Crippen molar-refractivity contribution in [1.82, 2.24) is 9.80 Å². The number of nitrogens with zero attached hydrogens (tertiary/aromatic N) is 2. The van der Waals surface area contributed by atoms with Crippen molar-refractivity contribution in [3.63, 3.8) is 0 Å². The van der Waals surface area contributed by atoms with Crippen molar-refractivity contribution in [2.75, 3.05) is 40.3 Å². The zero-order chi connectivity index (χ0) is 23.7. The standard InChI is InChI=1S/C28H40N2O2/c1-8-30(9-2)21-23-13-11-10-12-22(23)14-16-26(31)25-20-24(28(3,4)5)15-17-27(25)32-19-18-29(6)7/h10-17,20H,8-9,18-19,21H2,1-7H3. The molecule has 0 aliphatic rings. The molecule has 2 aromatic carbocycles. The van der Waals surface area contributed by atoms with Crippen LogP contribution in [0.4, 0.5) is 0 Å². The van der Waals surface area contributed by atoms with E-state index in [1.807, 2.05) is 38.4 Å². The molecule has 0 unspecified atom stereocenters. The van der Waals surface area contributed by atoms with Gasteiger partial charge in [0.05, 0.1) is 5.56 Å². The number of rotatable bonds is 11. The Balaban J connectivity index is 2.32. The van der Waals surface area contributed by atoms with Crippen LogP contribution < -0.4 is 4.74 Å². The summed E-state index contributed by atoms with van der Waals surface area (Å²) in [5.41, 5.74) is 4.00. The minimum absolute atomic E-state index is 0.0337. The smallest absolute Gasteiger partial charge is 0.189 e. The number of ketones is 1. The zero-order valence-corrected chi connectivity index (χ0v) is 20.9. The second kappa shape index (κ2) is 12.0. The fourth-order valence-electron chi connectivity index (χ4n) is 3.44. The lowest BCUT2D eigenvalue weighted by Gasteiger charge is -2.21. The van der Waals surface area contributed by atoms with Gasteiger partial charge in [0.2, 0.25) is 0 Å². The average molecular weight is 437 g/mol. The van der Waals surface area contributed by atoms with Crippen LogP contribution in [0, 0.1) is 0 Å². The molecule has 0 aliphatic carbocycles. The summed E-state index contributed by atoms with van der Waals surface area (Å²) in [6.07, 6.45) is 3.62. The van der Waals surface area contributed by atoms with E-state index in [4.69, 9.17) is 4.74 Å². The van der Waals surface area contributed by atoms with Gasteiger partial charge in [-0.15, -0.1) is 0 Å². The van der Waals surface area contributed by atoms with Gasteiger partial charge in [-0.2, -0.15) is 0 Å². The first-order chi connectivity index (χ1) is 15.2. The van der Waals surface area contributed by atoms with Crippen LogP contribution in [-0.4, -0.2) is 55.9 Å². The second-order valence-corrected chi connectivity index (χ2v) is 9.47. The van der Waals surface area contributed by atoms with Crippen LogP contribution in [0.3, 0.4) is 0 Å². The van der Waals surface area contributed by atoms with Gasteiger partial charge < -0.3 is 9.64 Å². The molecule has 2 rings (SSSR count). The summed E-state index contributed by atoms with van der Waals surface area (Å²) in [4.78, 5) is 17.7. The van der Waals surface area contributed by atoms with Gasteiger partial charge in [0, 0.05) is 13.1 Å². The fourth-order valence-corrected chi connectivity index (χ4v) is 3.44. The summed E-state index contributed by atoms with van der Waals surface area (Å²) >= 11 is 0. The lowest BCUT2D eigenvalue weighted by atomic mass is 9.85. The molecule has 0 saturated carbocycles. The molecule has 174 valence electrons. The molecule has 2 aromatic rings. The Bertz CT molecular complexity index is 906. The molecule has 0 bridgehead atoms. The van der Waals surface area contributed by atoms with Crippen molar-refractivity contribution in [2.45, 2.75) is 46.6 Å². The largest absolute Gasteiger partial charge is 0.491 e. The quantitative estimate of drug-likeness (QED) is 0.336. The lowest BCUT2D eigenvalue weighted by Crippen LogP contribution is -2.22. The summed E-state index contributed by atoms with van der Waals surface area (Å²) in [6, 6.07) is 14.3. The van der Waals surface area contributed by atoms with Crippen molar-refractivity contribution in [3.05, 3.63) is 70.8 Å². The minimum Gasteiger partial charge on any atom is -0.491 e. The lowest BCUT2D eigenvalue weighted by molar-refractivity contribution is 0.104. The van der Waals surface area contributed by atoms with Gasteiger partial charge in [-0.1, -0.05) is 71.0 Å². The Morgan fingerprint density at radius 2 is 1.72 bits per heavy atom. The van der Waals surface area contributed by atoms with E-state index >= 15 is 0 Å². The van der Waals surface area contributed by atoms with E-state index in [1.54, 1.807) is 6.08 Å². The molecule has 0 aromatic heterocycles. The highest BCUT2D eigenvalue weighted by atomic mass is 16.5. The molecule has 0 heterocycles. The van der Waals surface area contributed by atoms with Crippen LogP contribution in [0.1, 0.15) is 61.7 Å². The van der Waals surface area contributed by atoms with Crippen LogP contribution in [-0.2, 0) is 12.0 Å². The van der Waals surface area contributed by atoms with Crippen molar-refractivity contribution >= 4 is 11.9 Å². The Hall–Kier alpha value is -2.43. The number of benzene rings is 2. The summed E-state index contributed by atoms with van der Waals surface area (Å²) in [6.45, 7) is 15.0. The van der Waals surface area contributed by atoms with Gasteiger partial charge in [-0.25, -0.2) is 0 Å². The van der Waals surface area contributed by atoms with Crippen molar-refractivity contribution in [3.8, 4) is 5.75 Å². The van der Waals surface area contributed by atoms with Crippen molar-refractivity contribution < 1.29 is 9.53 Å². The van der Waals surface area contributed by atoms with Crippen LogP contribution in [0.2, 0.25) is 0 Å². The molecule has 0 spiro atoms. The fraction of sp³-hybridized carbons (Fsp3) is 0.464. The summed E-state index contributed by atoms with van der Waals surface area (Å²) in [7, 11) is 4.02. The predicted molar refractivity (Wildman–Crippen MR) is 136 cm³/mol. The number of allylic oxidation sites excluding steroid dienone is 1. The molecule has 0 atom stereocenters. The van der Waals surface area contributed by atoms with E-state index in [0.29, 0.717) is 17.9 Å². The molecule has 32 heavy (non-hydrogen) atoms. The Kier molecular flexibility index (Phi) is 9.67. The highest BCUT2D eigenvalue weighted by molar-refractivity contribution is 6.08. The second-order valence-electron chi connectivity index (χ2n) is 9.47. The summed E-state index contributed by atoms with van der Waals surface area (Å²) in [5, 5.41) is 0. The van der Waals surface area contributed by atoms with E-state index in [0.717, 1.165) is 37.3 Å². The molecule has 0 aliphatic heterocycles. The molecule has 0 radical (unpaired) electrons. The first-order valence-electron chi connectivity index (χ1n) is 11.6. The number of likely N-dealkylation sites (N-methyl/N-ethyl adjacent to an activating group) is 1. The zero-order valence-electron chi connectivity index (χ0n) is 20.9. The number of hydrogen-bond donors (Lipinski definition) is 0. The van der Waals surface area contributed by atoms with Crippen molar-refractivity contribution in [2.24, 2.45) is 0 Å². The molecule has 4 heteroatoms. The molecule has 0 fully saturated rings. The number of carbonyl (C=O) groups is 1. The van der Waals surface area contributed by atoms with Crippen LogP contribution in [0.15, 0.2) is 48.5 Å². The Morgan fingerprint density at radius 1 is 1.03 bits per heavy atom. The van der Waals surface area contributed by atoms with Gasteiger partial charge >= 0.3 is 0 Å². The van der Waals surface area contributed by atoms with Gasteiger partial charge in [-0.3, -0.25) is 9.69 Å². The third-order valence-corrected chi connectivity index (χ3v) is 5.66. The number of carbonyl (C=O) groups excluding carboxylic acids is 1. The van der Waals surface area contributed by atoms with E-state index in [9.17, 15) is 4.79 Å². The molecule has 4 nitrogen and oxygen atoms in total. The van der Waals surface area contributed by atoms with E-state index in [1.165, 1.54) is 5.56 Å². The Labute approximate surface area is 194 Å². The minimum atomic E-state index is -0.0444. The average Bonchev–Trinajstić information content (AvgIpc) is 2.75. The first kappa shape index (κ1) is 25.8. The van der Waals surface area contributed by atoms with Crippen LogP contribution >= 0.6 is 0 Å². The van der Waals surface area contributed by atoms with Gasteiger partial charge in [0.15, 0.2) is 5.78 Å². The Morgan fingerprint density at radius 3 is 2.34 bits per heavy atom. The highest BCUT2D eigenvalue weighted by Gasteiger charge is 2.19. The topological polar surface area (TPSA) is 32.8 Å². The monoisotopic (exact) mass is 436 g/mol. The molecule has 0 N–H and O–H groups in total. The van der Waals surface area contributed by atoms with Gasteiger partial charge in [-0.05, 0) is 67.5 Å². The maximum Gasteiger partial charge on any atom is 0.189 e. The van der Waals surface area contributed by atoms with Gasteiger partial charge in [0.25, 0.3) is 0 Å². The first-order valence-corrected chi connectivity index (χ1v) is 11.6. The van der Waals surface area contributed by atoms with Crippen LogP contribution in [0.25, 0.3) is 6.08 Å². The van der Waals surface area contributed by atoms with E-state index in [-0.39, 0.29) is 11.2 Å². The molecular weight excluding hydrogens is 396 g/mol. The maximum atomic E-state index is 13.3. The maximum absolute atomic E-state index is 13.3. The molecular formula is C28H40N2O2. The third-order valence-electron chi connectivity index (χ3n) is 5.66. The molecule has 0 saturated heterocycles. The predicted octanol–water partition coefficient (Wildman–Crippen LogP) is 5.66. The summed E-state index contributed by atoms with van der Waals surface area (Å²) in [5.74, 6) is 0.611. The van der Waals surface area contributed by atoms with Crippen LogP contribution in [0.5, 0.6) is 5.75 Å². The van der Waals surface area contributed by atoms with Crippen molar-refractivity contribution in [1.29, 1.82) is 0 Å². The normalized spacial score (nSPS) is 12.2. The highest BCUT2D eigenvalue weighted by Crippen LogP contribution is 2.29.